The number of esters is 1. The smallest absolute Gasteiger partial charge is 0.345 e. The maximum atomic E-state index is 9.85. The summed E-state index contributed by atoms with van der Waals surface area (Å²) in [7, 11) is 0. The van der Waals surface area contributed by atoms with E-state index in [9.17, 15) is 4.79 Å². The Bertz CT molecular complexity index is 178. The molecule has 0 bridgehead atoms. The second-order valence-corrected chi connectivity index (χ2v) is 2.84. The van der Waals surface area contributed by atoms with E-state index in [1.165, 1.54) is 44.8 Å². The fraction of sp³-hybridized carbons (Fsp3) is 0.600. The molecule has 3 heteroatoms. The molecule has 0 unspecified atom stereocenters. The highest BCUT2D eigenvalue weighted by Crippen LogP contribution is 2.15. The van der Waals surface area contributed by atoms with Gasteiger partial charge in [-0.25, -0.2) is 4.79 Å². The van der Waals surface area contributed by atoms with Crippen molar-refractivity contribution in [1.29, 1.82) is 5.26 Å². The van der Waals surface area contributed by atoms with Crippen molar-refractivity contribution < 1.29 is 9.53 Å². The number of rotatable bonds is 1. The topological polar surface area (TPSA) is 50.1 Å². The summed E-state index contributed by atoms with van der Waals surface area (Å²) in [6.07, 6.45) is 11.1. The Balaban J connectivity index is 0.000000223. The number of hydrogen-bond donors (Lipinski definition) is 0. The summed E-state index contributed by atoms with van der Waals surface area (Å²) in [6.45, 7) is 3.05. The number of nitrogens with zero attached hydrogens (tertiary/aromatic N) is 1. The van der Waals surface area contributed by atoms with Gasteiger partial charge in [0.2, 0.25) is 0 Å². The summed E-state index contributed by atoms with van der Waals surface area (Å²) in [4.78, 5) is 9.85. The molecule has 1 saturated carbocycles. The molecule has 0 radical (unpaired) electrons. The van der Waals surface area contributed by atoms with Gasteiger partial charge in [0.05, 0.1) is 0 Å². The fourth-order valence-corrected chi connectivity index (χ4v) is 1.15. The molecule has 3 nitrogen and oxygen atoms in total. The van der Waals surface area contributed by atoms with Crippen molar-refractivity contribution in [3.05, 3.63) is 12.7 Å². The summed E-state index contributed by atoms with van der Waals surface area (Å²) in [6, 6.07) is 0. The molecule has 72 valence electrons. The SMILES string of the molecule is C1CCCCC1.C=CC(=O)OC#N. The fourth-order valence-electron chi connectivity index (χ4n) is 1.15. The predicted octanol–water partition coefficient (Wildman–Crippen LogP) is 2.54. The lowest BCUT2D eigenvalue weighted by Gasteiger charge is -2.05. The van der Waals surface area contributed by atoms with Crippen LogP contribution in [0.5, 0.6) is 0 Å². The summed E-state index contributed by atoms with van der Waals surface area (Å²) in [5.41, 5.74) is 0. The third kappa shape index (κ3) is 8.61. The summed E-state index contributed by atoms with van der Waals surface area (Å²) >= 11 is 0. The molecule has 0 spiro atoms. The standard InChI is InChI=1S/C6H12.C4H3NO2/c1-2-4-6-5-3-1;1-2-4(6)7-3-5/h1-6H2;2H,1H2. The first-order valence-electron chi connectivity index (χ1n) is 4.53. The average Bonchev–Trinajstić information content (AvgIpc) is 2.22. The van der Waals surface area contributed by atoms with Gasteiger partial charge in [-0.1, -0.05) is 45.1 Å². The average molecular weight is 181 g/mol. The normalized spacial score (nSPS) is 14.4. The van der Waals surface area contributed by atoms with Crippen molar-refractivity contribution in [2.75, 3.05) is 0 Å². The van der Waals surface area contributed by atoms with Crippen molar-refractivity contribution >= 4 is 5.97 Å². The third-order valence-corrected chi connectivity index (χ3v) is 1.81. The second kappa shape index (κ2) is 8.79. The van der Waals surface area contributed by atoms with Crippen LogP contribution >= 0.6 is 0 Å². The molecule has 1 aliphatic rings. The molecule has 0 amide bonds. The zero-order valence-corrected chi connectivity index (χ0v) is 7.79. The number of ether oxygens (including phenoxy) is 1. The molecule has 13 heavy (non-hydrogen) atoms. The molecule has 0 N–H and O–H groups in total. The Morgan fingerprint density at radius 2 is 1.62 bits per heavy atom. The van der Waals surface area contributed by atoms with Gasteiger partial charge in [-0.2, -0.15) is 0 Å². The van der Waals surface area contributed by atoms with Crippen LogP contribution in [0.15, 0.2) is 12.7 Å². The molecule has 1 rings (SSSR count). The van der Waals surface area contributed by atoms with Crippen LogP contribution in [0.4, 0.5) is 0 Å². The minimum atomic E-state index is -0.720. The molecular formula is C10H15NO2. The van der Waals surface area contributed by atoms with Crippen LogP contribution < -0.4 is 0 Å². The zero-order valence-electron chi connectivity index (χ0n) is 7.79. The van der Waals surface area contributed by atoms with Crippen molar-refractivity contribution in [2.24, 2.45) is 0 Å². The lowest BCUT2D eigenvalue weighted by atomic mass is 10.0. The Labute approximate surface area is 79.0 Å². The molecule has 0 aromatic rings. The quantitative estimate of drug-likeness (QED) is 0.355. The van der Waals surface area contributed by atoms with E-state index in [-0.39, 0.29) is 0 Å². The highest BCUT2D eigenvalue weighted by atomic mass is 16.5. The van der Waals surface area contributed by atoms with Crippen molar-refractivity contribution in [3.63, 3.8) is 0 Å². The number of hydrogen-bond acceptors (Lipinski definition) is 3. The Morgan fingerprint density at radius 3 is 1.77 bits per heavy atom. The van der Waals surface area contributed by atoms with E-state index in [4.69, 9.17) is 5.26 Å². The van der Waals surface area contributed by atoms with E-state index in [0.717, 1.165) is 6.08 Å². The van der Waals surface area contributed by atoms with Crippen molar-refractivity contribution in [2.45, 2.75) is 38.5 Å². The zero-order chi connectivity index (χ0) is 9.94. The molecule has 0 aromatic carbocycles. The van der Waals surface area contributed by atoms with Crippen LogP contribution in [0, 0.1) is 11.5 Å². The van der Waals surface area contributed by atoms with Crippen LogP contribution in [0.3, 0.4) is 0 Å². The molecule has 0 heterocycles. The summed E-state index contributed by atoms with van der Waals surface area (Å²) in [5.74, 6) is -0.720. The number of nitriles is 1. The van der Waals surface area contributed by atoms with Gasteiger partial charge >= 0.3 is 5.97 Å². The van der Waals surface area contributed by atoms with Gasteiger partial charge < -0.3 is 4.74 Å². The van der Waals surface area contributed by atoms with E-state index >= 15 is 0 Å². The molecule has 1 fully saturated rings. The first kappa shape index (κ1) is 11.7. The van der Waals surface area contributed by atoms with E-state index in [2.05, 4.69) is 11.3 Å². The van der Waals surface area contributed by atoms with Crippen molar-refractivity contribution in [3.8, 4) is 6.26 Å². The molecule has 0 aliphatic heterocycles. The molecular weight excluding hydrogens is 166 g/mol. The minimum Gasteiger partial charge on any atom is -0.347 e. The van der Waals surface area contributed by atoms with Gasteiger partial charge in [0.25, 0.3) is 6.26 Å². The molecule has 0 atom stereocenters. The van der Waals surface area contributed by atoms with Gasteiger partial charge in [0.1, 0.15) is 0 Å². The summed E-state index contributed by atoms with van der Waals surface area (Å²) < 4.78 is 3.74. The van der Waals surface area contributed by atoms with Gasteiger partial charge in [-0.15, -0.1) is 5.26 Å². The lowest BCUT2D eigenvalue weighted by molar-refractivity contribution is -0.131. The van der Waals surface area contributed by atoms with Crippen LogP contribution in [-0.4, -0.2) is 5.97 Å². The molecule has 0 saturated heterocycles. The number of carbonyl (C=O) groups is 1. The van der Waals surface area contributed by atoms with Gasteiger partial charge in [-0.05, 0) is 0 Å². The van der Waals surface area contributed by atoms with Crippen LogP contribution in [0.1, 0.15) is 38.5 Å². The second-order valence-electron chi connectivity index (χ2n) is 2.84. The lowest BCUT2D eigenvalue weighted by Crippen LogP contribution is -1.91. The molecule has 1 aliphatic carbocycles. The van der Waals surface area contributed by atoms with Crippen LogP contribution in [0.25, 0.3) is 0 Å². The highest BCUT2D eigenvalue weighted by molar-refractivity contribution is 5.81. The van der Waals surface area contributed by atoms with Crippen molar-refractivity contribution in [1.82, 2.24) is 0 Å². The van der Waals surface area contributed by atoms with Crippen LogP contribution in [-0.2, 0) is 9.53 Å². The van der Waals surface area contributed by atoms with Crippen LogP contribution in [0.2, 0.25) is 0 Å². The molecule has 0 aromatic heterocycles. The maximum absolute atomic E-state index is 9.85. The predicted molar refractivity (Wildman–Crippen MR) is 49.6 cm³/mol. The first-order valence-corrected chi connectivity index (χ1v) is 4.53. The Morgan fingerprint density at radius 1 is 1.23 bits per heavy atom. The van der Waals surface area contributed by atoms with Gasteiger partial charge in [0.15, 0.2) is 0 Å². The Kier molecular flexibility index (Phi) is 7.91. The highest BCUT2D eigenvalue weighted by Gasteiger charge is 1.95. The van der Waals surface area contributed by atoms with Gasteiger partial charge in [0, 0.05) is 6.08 Å². The van der Waals surface area contributed by atoms with Gasteiger partial charge in [-0.3, -0.25) is 0 Å². The largest absolute Gasteiger partial charge is 0.347 e. The Hall–Kier alpha value is -1.30. The minimum absolute atomic E-state index is 0.720. The van der Waals surface area contributed by atoms with E-state index < -0.39 is 5.97 Å². The monoisotopic (exact) mass is 181 g/mol. The third-order valence-electron chi connectivity index (χ3n) is 1.81. The van der Waals surface area contributed by atoms with E-state index in [0.29, 0.717) is 0 Å². The van der Waals surface area contributed by atoms with E-state index in [1.807, 2.05) is 0 Å². The summed E-state index contributed by atoms with van der Waals surface area (Å²) in [5, 5.41) is 7.63. The number of carbonyl (C=O) groups excluding carboxylic acids is 1. The van der Waals surface area contributed by atoms with E-state index in [1.54, 1.807) is 0 Å². The first-order chi connectivity index (χ1) is 6.31. The maximum Gasteiger partial charge on any atom is 0.345 e.